The number of aromatic nitrogens is 5. The van der Waals surface area contributed by atoms with Crippen molar-refractivity contribution < 1.29 is 8.76 Å². The van der Waals surface area contributed by atoms with Crippen molar-refractivity contribution in [3.05, 3.63) is 30.3 Å². The lowest BCUT2D eigenvalue weighted by atomic mass is 9.98. The fourth-order valence-electron chi connectivity index (χ4n) is 2.71. The van der Waals surface area contributed by atoms with Crippen LogP contribution in [0.2, 0.25) is 0 Å². The third kappa shape index (κ3) is 2.77. The molecule has 0 aliphatic rings. The lowest BCUT2D eigenvalue weighted by Gasteiger charge is -2.16. The normalized spacial score (nSPS) is 12.5. The Morgan fingerprint density at radius 2 is 2.08 bits per heavy atom. The van der Waals surface area contributed by atoms with E-state index < -0.39 is 11.1 Å². The van der Waals surface area contributed by atoms with Crippen LogP contribution in [0.4, 0.5) is 5.13 Å². The van der Waals surface area contributed by atoms with Gasteiger partial charge in [0.1, 0.15) is 0 Å². The second kappa shape index (κ2) is 6.74. The van der Waals surface area contributed by atoms with Crippen molar-refractivity contribution in [2.45, 2.75) is 9.79 Å². The molecule has 1 unspecified atom stereocenters. The van der Waals surface area contributed by atoms with Gasteiger partial charge in [0.2, 0.25) is 5.82 Å². The van der Waals surface area contributed by atoms with Crippen LogP contribution in [0.3, 0.4) is 0 Å². The van der Waals surface area contributed by atoms with Gasteiger partial charge in [-0.15, -0.1) is 10.2 Å². The lowest BCUT2D eigenvalue weighted by Crippen LogP contribution is -2.00. The number of hydrogen-bond donors (Lipinski definition) is 3. The van der Waals surface area contributed by atoms with Crippen molar-refractivity contribution in [2.24, 2.45) is 5.14 Å². The molecule has 4 aromatic rings. The van der Waals surface area contributed by atoms with Crippen LogP contribution in [0.5, 0.6) is 0 Å². The molecule has 4 rings (SSSR count). The largest absolute Gasteiger partial charge is 0.768 e. The van der Waals surface area contributed by atoms with Crippen molar-refractivity contribution in [1.82, 2.24) is 25.6 Å². The van der Waals surface area contributed by atoms with Gasteiger partial charge in [0, 0.05) is 20.9 Å². The van der Waals surface area contributed by atoms with Gasteiger partial charge in [-0.2, -0.15) is 5.21 Å². The summed E-state index contributed by atoms with van der Waals surface area (Å²) in [4.78, 5) is 4.79. The first-order valence-corrected chi connectivity index (χ1v) is 9.89. The van der Waals surface area contributed by atoms with E-state index in [4.69, 9.17) is 10.9 Å². The van der Waals surface area contributed by atoms with E-state index in [0.717, 1.165) is 22.2 Å². The van der Waals surface area contributed by atoms with Gasteiger partial charge in [0.25, 0.3) is 0 Å². The highest BCUT2D eigenvalue weighted by Crippen LogP contribution is 2.42. The molecule has 26 heavy (non-hydrogen) atoms. The molecule has 0 bridgehead atoms. The number of tetrazole rings is 1. The second-order valence-electron chi connectivity index (χ2n) is 5.11. The summed E-state index contributed by atoms with van der Waals surface area (Å²) in [5.74, 6) is 0.237. The third-order valence-corrected chi connectivity index (χ3v) is 6.05. The summed E-state index contributed by atoms with van der Waals surface area (Å²) in [5, 5.41) is 20.2. The Hall–Kier alpha value is -2.38. The van der Waals surface area contributed by atoms with Gasteiger partial charge in [-0.3, -0.25) is 9.35 Å². The summed E-state index contributed by atoms with van der Waals surface area (Å²) in [6.45, 7) is 0. The van der Waals surface area contributed by atoms with Crippen LogP contribution in [-0.2, 0) is 11.1 Å². The molecule has 132 valence electrons. The van der Waals surface area contributed by atoms with Crippen molar-refractivity contribution in [2.75, 3.05) is 5.73 Å². The first kappa shape index (κ1) is 17.1. The van der Waals surface area contributed by atoms with Gasteiger partial charge in [0.15, 0.2) is 5.13 Å². The van der Waals surface area contributed by atoms with E-state index >= 15 is 0 Å². The maximum Gasteiger partial charge on any atom is 0.206 e. The van der Waals surface area contributed by atoms with E-state index in [1.807, 2.05) is 18.2 Å². The molecule has 0 saturated carbocycles. The van der Waals surface area contributed by atoms with Crippen LogP contribution < -0.4 is 10.9 Å². The van der Waals surface area contributed by atoms with Gasteiger partial charge >= 0.3 is 0 Å². The molecule has 0 amide bonds. The fourth-order valence-corrected chi connectivity index (χ4v) is 4.75. The lowest BCUT2D eigenvalue weighted by molar-refractivity contribution is 0.535. The summed E-state index contributed by atoms with van der Waals surface area (Å²) >= 11 is -0.289. The number of para-hydroxylation sites is 1. The quantitative estimate of drug-likeness (QED) is 0.341. The Bertz CT molecular complexity index is 1130. The number of fused-ring (bicyclic) bond motifs is 1. The number of H-pyrrole nitrogens is 1. The number of nitrogens with two attached hydrogens (primary N) is 2. The highest BCUT2D eigenvalue weighted by Gasteiger charge is 2.22. The van der Waals surface area contributed by atoms with Crippen molar-refractivity contribution in [1.29, 1.82) is 0 Å². The zero-order chi connectivity index (χ0) is 18.3. The Labute approximate surface area is 157 Å². The minimum Gasteiger partial charge on any atom is -0.768 e. The number of thiazole rings is 1. The topological polar surface area (TPSA) is 160 Å². The fraction of sp³-hybridized carbons (Fsp3) is 0. The predicted molar refractivity (Wildman–Crippen MR) is 99.9 cm³/mol. The number of benzene rings is 2. The molecule has 2 aromatic heterocycles. The minimum absolute atomic E-state index is 0.0611. The molecule has 2 heterocycles. The Morgan fingerprint density at radius 3 is 2.77 bits per heavy atom. The van der Waals surface area contributed by atoms with E-state index in [2.05, 4.69) is 25.6 Å². The molecular formula is C14H10N7O2S3-. The molecule has 12 heteroatoms. The molecule has 0 radical (unpaired) electrons. The Kier molecular flexibility index (Phi) is 4.42. The Balaban J connectivity index is 2.10. The molecule has 0 saturated heterocycles. The van der Waals surface area contributed by atoms with Crippen LogP contribution in [0.25, 0.3) is 32.7 Å². The molecule has 2 aromatic carbocycles. The average molecular weight is 404 g/mol. The number of nitrogens with zero attached hydrogens (tertiary/aromatic N) is 4. The monoisotopic (exact) mass is 404 g/mol. The van der Waals surface area contributed by atoms with Crippen LogP contribution in [0, 0.1) is 0 Å². The number of anilines is 1. The third-order valence-electron chi connectivity index (χ3n) is 3.71. The van der Waals surface area contributed by atoms with Gasteiger partial charge in [0.05, 0.1) is 10.2 Å². The number of rotatable bonds is 4. The summed E-state index contributed by atoms with van der Waals surface area (Å²) in [7, 11) is 0. The number of nitrogens with one attached hydrogen (secondary N) is 1. The summed E-state index contributed by atoms with van der Waals surface area (Å²) in [6.07, 6.45) is 0. The number of hydrogen-bond acceptors (Lipinski definition) is 10. The zero-order valence-corrected chi connectivity index (χ0v) is 15.3. The van der Waals surface area contributed by atoms with Gasteiger partial charge in [-0.25, -0.2) is 4.98 Å². The number of aromatic amines is 1. The molecule has 0 spiro atoms. The minimum atomic E-state index is -2.47. The smallest absolute Gasteiger partial charge is 0.206 e. The predicted octanol–water partition coefficient (Wildman–Crippen LogP) is 1.93. The molecule has 0 aliphatic carbocycles. The molecule has 5 N–H and O–H groups in total. The van der Waals surface area contributed by atoms with Gasteiger partial charge in [-0.1, -0.05) is 29.5 Å². The average Bonchev–Trinajstić information content (AvgIpc) is 3.28. The van der Waals surface area contributed by atoms with Crippen molar-refractivity contribution in [3.8, 4) is 22.5 Å². The maximum atomic E-state index is 11.6. The molecular weight excluding hydrogens is 394 g/mol. The van der Waals surface area contributed by atoms with E-state index in [1.165, 1.54) is 17.4 Å². The SMILES string of the molecule is NSc1c(S(=O)[O-])ccc(-c2cccc3sc(N)nc23)c1-c1nn[nH]n1. The molecule has 9 nitrogen and oxygen atoms in total. The summed E-state index contributed by atoms with van der Waals surface area (Å²) < 4.78 is 24.1. The molecule has 1 atom stereocenters. The maximum absolute atomic E-state index is 11.6. The zero-order valence-electron chi connectivity index (χ0n) is 12.9. The summed E-state index contributed by atoms with van der Waals surface area (Å²) in [5.41, 5.74) is 8.49. The first-order valence-electron chi connectivity index (χ1n) is 7.12. The highest BCUT2D eigenvalue weighted by atomic mass is 32.2. The standard InChI is InChI=1S/C14H11N7O2S3/c15-14-17-11-7(2-1-3-8(11)24-14)6-4-5-9(26(22)23)12(25-16)10(6)13-18-20-21-19-13/h1-5H,16H2,(H2,15,17)(H,22,23)(H,18,19,20,21)/p-1. The van der Waals surface area contributed by atoms with Crippen LogP contribution in [-0.4, -0.2) is 34.4 Å². The van der Waals surface area contributed by atoms with E-state index in [1.54, 1.807) is 6.07 Å². The Morgan fingerprint density at radius 1 is 1.23 bits per heavy atom. The van der Waals surface area contributed by atoms with E-state index in [9.17, 15) is 8.76 Å². The highest BCUT2D eigenvalue weighted by molar-refractivity contribution is 7.97. The van der Waals surface area contributed by atoms with Crippen LogP contribution in [0.15, 0.2) is 40.1 Å². The summed E-state index contributed by atoms with van der Waals surface area (Å²) in [6, 6.07) is 8.84. The first-order chi connectivity index (χ1) is 12.6. The van der Waals surface area contributed by atoms with Gasteiger partial charge in [-0.05, 0) is 45.9 Å². The van der Waals surface area contributed by atoms with Crippen LogP contribution in [0.1, 0.15) is 0 Å². The molecule has 0 aliphatic heterocycles. The van der Waals surface area contributed by atoms with Crippen LogP contribution >= 0.6 is 23.3 Å². The van der Waals surface area contributed by atoms with Crippen molar-refractivity contribution >= 4 is 49.7 Å². The van der Waals surface area contributed by atoms with Gasteiger partial charge < -0.3 is 10.3 Å². The van der Waals surface area contributed by atoms with E-state index in [0.29, 0.717) is 26.7 Å². The second-order valence-corrected chi connectivity index (χ2v) is 7.72. The molecule has 0 fully saturated rings. The number of nitrogen functional groups attached to an aromatic ring is 1. The van der Waals surface area contributed by atoms with Crippen molar-refractivity contribution in [3.63, 3.8) is 0 Å². The van der Waals surface area contributed by atoms with E-state index in [-0.39, 0.29) is 10.7 Å².